The number of nitrogens with one attached hydrogen (secondary N) is 2. The fourth-order valence-corrected chi connectivity index (χ4v) is 1.94. The summed E-state index contributed by atoms with van der Waals surface area (Å²) in [6.45, 7) is 5.57. The Labute approximate surface area is 142 Å². The van der Waals surface area contributed by atoms with Gasteiger partial charge in [0.05, 0.1) is 11.9 Å². The largest absolute Gasteiger partial charge is 0.338 e. The van der Waals surface area contributed by atoms with Gasteiger partial charge in [-0.2, -0.15) is 8.78 Å². The fraction of sp³-hybridized carbons (Fsp3) is 0.375. The van der Waals surface area contributed by atoms with Gasteiger partial charge in [0.1, 0.15) is 11.6 Å². The van der Waals surface area contributed by atoms with Crippen LogP contribution in [-0.4, -0.2) is 20.9 Å². The summed E-state index contributed by atoms with van der Waals surface area (Å²) >= 11 is 0. The summed E-state index contributed by atoms with van der Waals surface area (Å²) in [6.07, 6.45) is 0.910. The van der Waals surface area contributed by atoms with Crippen LogP contribution in [0, 0.1) is 5.82 Å². The second kappa shape index (κ2) is 7.04. The number of pyridine rings is 1. The first kappa shape index (κ1) is 18.6. The number of nitrogens with zero attached hydrogens (tertiary/aromatic N) is 3. The molecule has 6 nitrogen and oxygen atoms in total. The maximum absolute atomic E-state index is 14.0. The van der Waals surface area contributed by atoms with E-state index in [1.165, 1.54) is 19.1 Å². The molecule has 134 valence electrons. The zero-order chi connectivity index (χ0) is 18.8. The van der Waals surface area contributed by atoms with Crippen molar-refractivity contribution in [2.24, 2.45) is 0 Å². The molecule has 0 aliphatic heterocycles. The molecular formula is C16H18F3N5O. The van der Waals surface area contributed by atoms with E-state index in [-0.39, 0.29) is 29.1 Å². The molecule has 0 saturated heterocycles. The second-order valence-electron chi connectivity index (χ2n) is 5.90. The molecule has 0 aliphatic carbocycles. The fourth-order valence-electron chi connectivity index (χ4n) is 1.94. The quantitative estimate of drug-likeness (QED) is 0.851. The first-order valence-corrected chi connectivity index (χ1v) is 7.53. The average Bonchev–Trinajstić information content (AvgIpc) is 2.49. The standard InChI is InChI=1S/C16H18F3N5O/c1-8(2)11-5-14(24-15(23-11)16(4,18)19)22-12-6-13(21-9(3)25)20-7-10(12)17/h5-8H,1-4H3,(H2,20,21,22,23,24,25). The number of carbonyl (C=O) groups is 1. The predicted octanol–water partition coefficient (Wildman–Crippen LogP) is 3.95. The van der Waals surface area contributed by atoms with E-state index in [1.807, 2.05) is 0 Å². The van der Waals surface area contributed by atoms with Crippen LogP contribution in [0.1, 0.15) is 45.1 Å². The zero-order valence-corrected chi connectivity index (χ0v) is 14.2. The molecule has 0 unspecified atom stereocenters. The van der Waals surface area contributed by atoms with E-state index in [1.54, 1.807) is 13.8 Å². The Bertz CT molecular complexity index is 790. The molecule has 9 heteroatoms. The lowest BCUT2D eigenvalue weighted by Crippen LogP contribution is -2.16. The zero-order valence-electron chi connectivity index (χ0n) is 14.2. The van der Waals surface area contributed by atoms with Gasteiger partial charge in [0.15, 0.2) is 5.82 Å². The highest BCUT2D eigenvalue weighted by Gasteiger charge is 2.29. The molecular weight excluding hydrogens is 335 g/mol. The van der Waals surface area contributed by atoms with Gasteiger partial charge < -0.3 is 10.6 Å². The predicted molar refractivity (Wildman–Crippen MR) is 87.5 cm³/mol. The minimum atomic E-state index is -3.24. The first-order chi connectivity index (χ1) is 11.6. The van der Waals surface area contributed by atoms with Crippen molar-refractivity contribution < 1.29 is 18.0 Å². The highest BCUT2D eigenvalue weighted by Crippen LogP contribution is 2.28. The van der Waals surface area contributed by atoms with Gasteiger partial charge >= 0.3 is 5.92 Å². The van der Waals surface area contributed by atoms with E-state index in [0.29, 0.717) is 12.6 Å². The summed E-state index contributed by atoms with van der Waals surface area (Å²) in [5.41, 5.74) is 0.336. The molecule has 2 aromatic heterocycles. The summed E-state index contributed by atoms with van der Waals surface area (Å²) in [6, 6.07) is 2.72. The third-order valence-electron chi connectivity index (χ3n) is 3.15. The number of hydrogen-bond acceptors (Lipinski definition) is 5. The Balaban J connectivity index is 2.42. The molecule has 0 spiro atoms. The maximum atomic E-state index is 14.0. The van der Waals surface area contributed by atoms with Crippen molar-refractivity contribution in [3.63, 3.8) is 0 Å². The number of carbonyl (C=O) groups excluding carboxylic acids is 1. The molecule has 2 heterocycles. The van der Waals surface area contributed by atoms with Crippen molar-refractivity contribution in [2.45, 2.75) is 39.5 Å². The van der Waals surface area contributed by atoms with Gasteiger partial charge in [-0.1, -0.05) is 13.8 Å². The lowest BCUT2D eigenvalue weighted by atomic mass is 10.1. The summed E-state index contributed by atoms with van der Waals surface area (Å²) < 4.78 is 41.2. The van der Waals surface area contributed by atoms with Crippen LogP contribution in [0.4, 0.5) is 30.5 Å². The Morgan fingerprint density at radius 1 is 1.20 bits per heavy atom. The van der Waals surface area contributed by atoms with Crippen LogP contribution in [0.5, 0.6) is 0 Å². The van der Waals surface area contributed by atoms with Gasteiger partial charge in [-0.25, -0.2) is 19.3 Å². The normalized spacial score (nSPS) is 11.5. The number of anilines is 3. The topological polar surface area (TPSA) is 79.8 Å². The Kier molecular flexibility index (Phi) is 5.24. The first-order valence-electron chi connectivity index (χ1n) is 7.53. The van der Waals surface area contributed by atoms with Crippen molar-refractivity contribution in [3.8, 4) is 0 Å². The van der Waals surface area contributed by atoms with E-state index in [4.69, 9.17) is 0 Å². The molecule has 0 bridgehead atoms. The molecule has 25 heavy (non-hydrogen) atoms. The van der Waals surface area contributed by atoms with Crippen LogP contribution < -0.4 is 10.6 Å². The summed E-state index contributed by atoms with van der Waals surface area (Å²) in [5, 5.41) is 5.06. The number of hydrogen-bond donors (Lipinski definition) is 2. The van der Waals surface area contributed by atoms with Gasteiger partial charge in [-0.05, 0) is 5.92 Å². The van der Waals surface area contributed by atoms with Gasteiger partial charge in [-0.15, -0.1) is 0 Å². The highest BCUT2D eigenvalue weighted by atomic mass is 19.3. The van der Waals surface area contributed by atoms with Crippen molar-refractivity contribution in [1.29, 1.82) is 0 Å². The van der Waals surface area contributed by atoms with Crippen LogP contribution in [0.3, 0.4) is 0 Å². The molecule has 2 rings (SSSR count). The Morgan fingerprint density at radius 3 is 2.44 bits per heavy atom. The van der Waals surface area contributed by atoms with Gasteiger partial charge in [0, 0.05) is 31.7 Å². The van der Waals surface area contributed by atoms with E-state index in [9.17, 15) is 18.0 Å². The monoisotopic (exact) mass is 353 g/mol. The summed E-state index contributed by atoms with van der Waals surface area (Å²) in [7, 11) is 0. The minimum Gasteiger partial charge on any atom is -0.338 e. The van der Waals surface area contributed by atoms with E-state index >= 15 is 0 Å². The van der Waals surface area contributed by atoms with Gasteiger partial charge in [0.25, 0.3) is 0 Å². The van der Waals surface area contributed by atoms with E-state index in [0.717, 1.165) is 6.20 Å². The molecule has 1 amide bonds. The summed E-state index contributed by atoms with van der Waals surface area (Å²) in [4.78, 5) is 22.4. The molecule has 0 radical (unpaired) electrons. The van der Waals surface area contributed by atoms with Crippen LogP contribution >= 0.6 is 0 Å². The Hall–Kier alpha value is -2.71. The van der Waals surface area contributed by atoms with Crippen LogP contribution in [0.25, 0.3) is 0 Å². The van der Waals surface area contributed by atoms with Crippen molar-refractivity contribution in [3.05, 3.63) is 35.7 Å². The average molecular weight is 353 g/mol. The van der Waals surface area contributed by atoms with Gasteiger partial charge in [0.2, 0.25) is 11.7 Å². The highest BCUT2D eigenvalue weighted by molar-refractivity contribution is 5.88. The molecule has 0 aromatic carbocycles. The molecule has 0 aliphatic rings. The number of alkyl halides is 2. The van der Waals surface area contributed by atoms with Gasteiger partial charge in [-0.3, -0.25) is 4.79 Å². The molecule has 0 fully saturated rings. The third-order valence-corrected chi connectivity index (χ3v) is 3.15. The molecule has 2 N–H and O–H groups in total. The molecule has 2 aromatic rings. The maximum Gasteiger partial charge on any atom is 0.303 e. The minimum absolute atomic E-state index is 0.0223. The summed E-state index contributed by atoms with van der Waals surface area (Å²) in [5.74, 6) is -4.96. The van der Waals surface area contributed by atoms with Crippen LogP contribution in [0.15, 0.2) is 18.3 Å². The lowest BCUT2D eigenvalue weighted by molar-refractivity contribution is -0.114. The number of rotatable bonds is 5. The number of amides is 1. The van der Waals surface area contributed by atoms with E-state index in [2.05, 4.69) is 25.6 Å². The van der Waals surface area contributed by atoms with Crippen molar-refractivity contribution in [2.75, 3.05) is 10.6 Å². The lowest BCUT2D eigenvalue weighted by Gasteiger charge is -2.15. The molecule has 0 atom stereocenters. The third kappa shape index (κ3) is 4.88. The van der Waals surface area contributed by atoms with Crippen LogP contribution in [-0.2, 0) is 10.7 Å². The van der Waals surface area contributed by atoms with Crippen LogP contribution in [0.2, 0.25) is 0 Å². The second-order valence-corrected chi connectivity index (χ2v) is 5.90. The van der Waals surface area contributed by atoms with Crippen molar-refractivity contribution >= 4 is 23.2 Å². The van der Waals surface area contributed by atoms with E-state index < -0.39 is 17.6 Å². The number of aromatic nitrogens is 3. The SMILES string of the molecule is CC(=O)Nc1cc(Nc2cc(C(C)C)nc(C(C)(F)F)n2)c(F)cn1. The molecule has 0 saturated carbocycles. The van der Waals surface area contributed by atoms with Crippen molar-refractivity contribution in [1.82, 2.24) is 15.0 Å². The Morgan fingerprint density at radius 2 is 1.88 bits per heavy atom. The number of halogens is 3. The smallest absolute Gasteiger partial charge is 0.303 e.